The molecule has 0 spiro atoms. The molecule has 1 aliphatic rings. The molecule has 1 fully saturated rings. The number of benzene rings is 2. The minimum absolute atomic E-state index is 0.0201. The van der Waals surface area contributed by atoms with Gasteiger partial charge in [-0.1, -0.05) is 41.9 Å². The molecule has 0 unspecified atom stereocenters. The minimum atomic E-state index is -0.537. The van der Waals surface area contributed by atoms with Crippen molar-refractivity contribution in [2.75, 3.05) is 13.1 Å². The highest BCUT2D eigenvalue weighted by Gasteiger charge is 2.26. The maximum atomic E-state index is 13.8. The van der Waals surface area contributed by atoms with E-state index in [-0.39, 0.29) is 29.0 Å². The van der Waals surface area contributed by atoms with Gasteiger partial charge in [0.15, 0.2) is 5.65 Å². The van der Waals surface area contributed by atoms with Crippen molar-refractivity contribution in [1.82, 2.24) is 19.0 Å². The third-order valence-electron chi connectivity index (χ3n) is 6.34. The van der Waals surface area contributed by atoms with Crippen molar-refractivity contribution in [3.63, 3.8) is 0 Å². The Bertz CT molecular complexity index is 1540. The Morgan fingerprint density at radius 2 is 1.71 bits per heavy atom. The summed E-state index contributed by atoms with van der Waals surface area (Å²) in [6.45, 7) is 3.09. The molecule has 1 aliphatic heterocycles. The van der Waals surface area contributed by atoms with Crippen molar-refractivity contribution < 1.29 is 4.79 Å². The van der Waals surface area contributed by atoms with Crippen LogP contribution in [0.25, 0.3) is 16.7 Å². The number of piperidine rings is 1. The van der Waals surface area contributed by atoms with Crippen LogP contribution in [0.1, 0.15) is 40.9 Å². The van der Waals surface area contributed by atoms with E-state index in [2.05, 4.69) is 4.98 Å². The fourth-order valence-corrected chi connectivity index (χ4v) is 4.88. The standard InChI is InChI=1S/C27H25ClN4O3/c1-18-15-22(25(33)30-13-6-3-7-14-30)23-24(29-18)32(21-11-4-2-5-12-21)27(35)31(26(23)34)17-19-9-8-10-20(28)16-19/h2,4-5,8-12,15-16H,3,6-7,13-14,17H2,1H3. The van der Waals surface area contributed by atoms with E-state index in [0.717, 1.165) is 23.8 Å². The van der Waals surface area contributed by atoms with E-state index in [1.54, 1.807) is 48.2 Å². The normalized spacial score (nSPS) is 13.8. The second kappa shape index (κ2) is 9.50. The van der Waals surface area contributed by atoms with Gasteiger partial charge in [0.2, 0.25) is 0 Å². The van der Waals surface area contributed by atoms with Gasteiger partial charge >= 0.3 is 5.69 Å². The number of hydrogen-bond acceptors (Lipinski definition) is 4. The maximum absolute atomic E-state index is 13.8. The zero-order valence-electron chi connectivity index (χ0n) is 19.4. The Balaban J connectivity index is 1.82. The number of para-hydroxylation sites is 1. The number of pyridine rings is 1. The molecule has 7 nitrogen and oxygen atoms in total. The maximum Gasteiger partial charge on any atom is 0.337 e. The molecule has 2 aromatic carbocycles. The van der Waals surface area contributed by atoms with Crippen molar-refractivity contribution in [3.05, 3.63) is 103 Å². The van der Waals surface area contributed by atoms with E-state index in [0.29, 0.717) is 35.1 Å². The van der Waals surface area contributed by atoms with Gasteiger partial charge in [0.25, 0.3) is 11.5 Å². The molecule has 2 aromatic heterocycles. The van der Waals surface area contributed by atoms with Crippen molar-refractivity contribution in [2.45, 2.75) is 32.7 Å². The molecule has 1 saturated heterocycles. The first kappa shape index (κ1) is 23.1. The lowest BCUT2D eigenvalue weighted by Gasteiger charge is -2.27. The summed E-state index contributed by atoms with van der Waals surface area (Å²) < 4.78 is 2.58. The summed E-state index contributed by atoms with van der Waals surface area (Å²) in [5.41, 5.74) is 1.25. The quantitative estimate of drug-likeness (QED) is 0.431. The van der Waals surface area contributed by atoms with Crippen LogP contribution in [-0.4, -0.2) is 38.0 Å². The fourth-order valence-electron chi connectivity index (χ4n) is 4.67. The largest absolute Gasteiger partial charge is 0.339 e. The molecule has 4 aromatic rings. The van der Waals surface area contributed by atoms with Gasteiger partial charge in [0.05, 0.1) is 23.2 Å². The molecule has 0 saturated carbocycles. The monoisotopic (exact) mass is 488 g/mol. The molecule has 8 heteroatoms. The zero-order chi connectivity index (χ0) is 24.5. The predicted octanol–water partition coefficient (Wildman–Crippen LogP) is 4.18. The molecule has 35 heavy (non-hydrogen) atoms. The summed E-state index contributed by atoms with van der Waals surface area (Å²) in [6, 6.07) is 17.7. The lowest BCUT2D eigenvalue weighted by molar-refractivity contribution is 0.0726. The van der Waals surface area contributed by atoms with Gasteiger partial charge in [0, 0.05) is 23.8 Å². The van der Waals surface area contributed by atoms with Gasteiger partial charge in [-0.15, -0.1) is 0 Å². The second-order valence-corrected chi connectivity index (χ2v) is 9.27. The van der Waals surface area contributed by atoms with E-state index < -0.39 is 11.2 Å². The third-order valence-corrected chi connectivity index (χ3v) is 6.57. The van der Waals surface area contributed by atoms with E-state index in [9.17, 15) is 14.4 Å². The number of halogens is 1. The van der Waals surface area contributed by atoms with Crippen molar-refractivity contribution in [3.8, 4) is 5.69 Å². The lowest BCUT2D eigenvalue weighted by atomic mass is 10.1. The predicted molar refractivity (Wildman–Crippen MR) is 137 cm³/mol. The van der Waals surface area contributed by atoms with Crippen LogP contribution in [0.3, 0.4) is 0 Å². The van der Waals surface area contributed by atoms with Crippen molar-refractivity contribution in [1.29, 1.82) is 0 Å². The van der Waals surface area contributed by atoms with Gasteiger partial charge in [-0.3, -0.25) is 14.2 Å². The number of likely N-dealkylation sites (tertiary alicyclic amines) is 1. The molecule has 1 amide bonds. The van der Waals surface area contributed by atoms with E-state index in [4.69, 9.17) is 11.6 Å². The molecular formula is C27H25ClN4O3. The number of nitrogens with zero attached hydrogens (tertiary/aromatic N) is 4. The fraction of sp³-hybridized carbons (Fsp3) is 0.259. The van der Waals surface area contributed by atoms with Crippen LogP contribution in [0.5, 0.6) is 0 Å². The first-order valence-corrected chi connectivity index (χ1v) is 12.1. The van der Waals surface area contributed by atoms with Crippen molar-refractivity contribution >= 4 is 28.5 Å². The highest BCUT2D eigenvalue weighted by molar-refractivity contribution is 6.30. The number of fused-ring (bicyclic) bond motifs is 1. The van der Waals surface area contributed by atoms with Crippen LogP contribution in [0.4, 0.5) is 0 Å². The molecule has 3 heterocycles. The summed E-state index contributed by atoms with van der Waals surface area (Å²) in [7, 11) is 0. The number of aromatic nitrogens is 3. The van der Waals surface area contributed by atoms with Gasteiger partial charge in [-0.2, -0.15) is 0 Å². The van der Waals surface area contributed by atoms with E-state index in [1.165, 1.54) is 4.57 Å². The van der Waals surface area contributed by atoms with Gasteiger partial charge in [0.1, 0.15) is 0 Å². The highest BCUT2D eigenvalue weighted by atomic mass is 35.5. The highest BCUT2D eigenvalue weighted by Crippen LogP contribution is 2.21. The van der Waals surface area contributed by atoms with E-state index in [1.807, 2.05) is 24.3 Å². The summed E-state index contributed by atoms with van der Waals surface area (Å²) in [5, 5.41) is 0.662. The van der Waals surface area contributed by atoms with Crippen LogP contribution in [-0.2, 0) is 6.54 Å². The molecule has 5 rings (SSSR count). The molecule has 0 N–H and O–H groups in total. The number of carbonyl (C=O) groups excluding carboxylic acids is 1. The van der Waals surface area contributed by atoms with Gasteiger partial charge in [-0.05, 0) is 62.1 Å². The first-order valence-electron chi connectivity index (χ1n) is 11.7. The molecule has 0 aliphatic carbocycles. The number of hydrogen-bond donors (Lipinski definition) is 0. The van der Waals surface area contributed by atoms with Gasteiger partial charge < -0.3 is 4.90 Å². The van der Waals surface area contributed by atoms with E-state index >= 15 is 0 Å². The average molecular weight is 489 g/mol. The Labute approximate surface area is 207 Å². The summed E-state index contributed by atoms with van der Waals surface area (Å²) in [5.74, 6) is -0.204. The summed E-state index contributed by atoms with van der Waals surface area (Å²) in [4.78, 5) is 47.6. The third kappa shape index (κ3) is 4.39. The van der Waals surface area contributed by atoms with Crippen molar-refractivity contribution in [2.24, 2.45) is 0 Å². The number of aryl methyl sites for hydroxylation is 1. The Hall–Kier alpha value is -3.71. The molecular weight excluding hydrogens is 464 g/mol. The Morgan fingerprint density at radius 1 is 0.971 bits per heavy atom. The minimum Gasteiger partial charge on any atom is -0.339 e. The number of rotatable bonds is 4. The Morgan fingerprint density at radius 3 is 2.43 bits per heavy atom. The molecule has 0 bridgehead atoms. The molecule has 178 valence electrons. The van der Waals surface area contributed by atoms with Crippen LogP contribution in [0.15, 0.2) is 70.3 Å². The SMILES string of the molecule is Cc1cc(C(=O)N2CCCCC2)c2c(=O)n(Cc3cccc(Cl)c3)c(=O)n(-c3ccccc3)c2n1. The van der Waals surface area contributed by atoms with Crippen LogP contribution < -0.4 is 11.2 Å². The number of carbonyl (C=O) groups is 1. The lowest BCUT2D eigenvalue weighted by Crippen LogP contribution is -2.42. The van der Waals surface area contributed by atoms with Crippen LogP contribution >= 0.6 is 11.6 Å². The van der Waals surface area contributed by atoms with Crippen LogP contribution in [0, 0.1) is 6.92 Å². The molecule has 0 radical (unpaired) electrons. The van der Waals surface area contributed by atoms with Crippen LogP contribution in [0.2, 0.25) is 5.02 Å². The molecule has 0 atom stereocenters. The first-order chi connectivity index (χ1) is 16.9. The van der Waals surface area contributed by atoms with Gasteiger partial charge in [-0.25, -0.2) is 14.3 Å². The Kier molecular flexibility index (Phi) is 6.26. The second-order valence-electron chi connectivity index (χ2n) is 8.84. The summed E-state index contributed by atoms with van der Waals surface area (Å²) in [6.07, 6.45) is 2.95. The smallest absolute Gasteiger partial charge is 0.337 e. The average Bonchev–Trinajstić information content (AvgIpc) is 2.87. The summed E-state index contributed by atoms with van der Waals surface area (Å²) >= 11 is 6.15. The topological polar surface area (TPSA) is 77.2 Å². The number of amides is 1. The zero-order valence-corrected chi connectivity index (χ0v) is 20.2.